The van der Waals surface area contributed by atoms with Gasteiger partial charge < -0.3 is 10.5 Å². The summed E-state index contributed by atoms with van der Waals surface area (Å²) in [7, 11) is 0. The van der Waals surface area contributed by atoms with E-state index in [4.69, 9.17) is 10.5 Å². The first-order valence-corrected chi connectivity index (χ1v) is 8.74. The average molecular weight is 378 g/mol. The van der Waals surface area contributed by atoms with E-state index in [2.05, 4.69) is 0 Å². The summed E-state index contributed by atoms with van der Waals surface area (Å²) in [6.45, 7) is 1.90. The number of carbonyl (C=O) groups is 1. The maximum atomic E-state index is 13.0. The molecule has 2 N–H and O–H groups in total. The van der Waals surface area contributed by atoms with Crippen molar-refractivity contribution in [2.75, 3.05) is 4.90 Å². The van der Waals surface area contributed by atoms with Crippen molar-refractivity contribution < 1.29 is 22.7 Å². The summed E-state index contributed by atoms with van der Waals surface area (Å²) >= 11 is 0. The Morgan fingerprint density at radius 1 is 1.22 bits per heavy atom. The lowest BCUT2D eigenvalue weighted by Crippen LogP contribution is -2.60. The van der Waals surface area contributed by atoms with Crippen molar-refractivity contribution in [3.63, 3.8) is 0 Å². The topological polar surface area (TPSA) is 55.6 Å². The summed E-state index contributed by atoms with van der Waals surface area (Å²) in [5.74, 6) is 0. The van der Waals surface area contributed by atoms with Crippen molar-refractivity contribution in [2.45, 2.75) is 44.6 Å². The summed E-state index contributed by atoms with van der Waals surface area (Å²) in [4.78, 5) is 14.1. The van der Waals surface area contributed by atoms with Crippen LogP contribution < -0.4 is 10.6 Å². The van der Waals surface area contributed by atoms with Gasteiger partial charge in [-0.25, -0.2) is 4.79 Å². The number of halogens is 3. The fourth-order valence-electron chi connectivity index (χ4n) is 3.28. The molecular weight excluding hydrogens is 357 g/mol. The van der Waals surface area contributed by atoms with Gasteiger partial charge in [-0.15, -0.1) is 0 Å². The molecule has 1 aliphatic heterocycles. The minimum atomic E-state index is -4.43. The highest BCUT2D eigenvalue weighted by molar-refractivity contribution is 5.91. The van der Waals surface area contributed by atoms with Crippen LogP contribution in [0.4, 0.5) is 23.7 Å². The normalized spacial score (nSPS) is 19.5. The van der Waals surface area contributed by atoms with Crippen molar-refractivity contribution in [1.29, 1.82) is 0 Å². The Balaban J connectivity index is 1.90. The number of carbonyl (C=O) groups excluding carboxylic acids is 1. The van der Waals surface area contributed by atoms with Crippen LogP contribution in [0, 0.1) is 0 Å². The first-order chi connectivity index (χ1) is 12.7. The van der Waals surface area contributed by atoms with Crippen molar-refractivity contribution >= 4 is 11.8 Å². The number of hydrogen-bond acceptors (Lipinski definition) is 3. The van der Waals surface area contributed by atoms with Gasteiger partial charge in [-0.2, -0.15) is 13.2 Å². The highest BCUT2D eigenvalue weighted by Gasteiger charge is 2.42. The molecule has 0 saturated carbocycles. The predicted octanol–water partition coefficient (Wildman–Crippen LogP) is 4.86. The van der Waals surface area contributed by atoms with Crippen LogP contribution in [-0.4, -0.2) is 11.8 Å². The molecule has 3 rings (SSSR count). The summed E-state index contributed by atoms with van der Waals surface area (Å²) in [6.07, 6.45) is -3.92. The highest BCUT2D eigenvalue weighted by Crippen LogP contribution is 2.40. The molecule has 2 aromatic rings. The van der Waals surface area contributed by atoms with Crippen molar-refractivity contribution in [2.24, 2.45) is 5.73 Å². The Morgan fingerprint density at radius 3 is 2.56 bits per heavy atom. The van der Waals surface area contributed by atoms with E-state index in [1.54, 1.807) is 0 Å². The zero-order valence-electron chi connectivity index (χ0n) is 14.9. The molecule has 1 aliphatic rings. The maximum absolute atomic E-state index is 13.0. The third kappa shape index (κ3) is 3.93. The number of rotatable bonds is 3. The number of nitrogens with zero attached hydrogens (tertiary/aromatic N) is 1. The molecule has 0 aromatic heterocycles. The number of benzene rings is 2. The molecule has 0 aliphatic carbocycles. The van der Waals surface area contributed by atoms with Gasteiger partial charge in [0.2, 0.25) is 0 Å². The third-order valence-electron chi connectivity index (χ3n) is 4.92. The van der Waals surface area contributed by atoms with Crippen LogP contribution in [-0.2, 0) is 23.9 Å². The zero-order valence-corrected chi connectivity index (χ0v) is 14.9. The monoisotopic (exact) mass is 378 g/mol. The summed E-state index contributed by atoms with van der Waals surface area (Å²) in [6, 6.07) is 12.5. The molecule has 144 valence electrons. The second kappa shape index (κ2) is 7.23. The molecule has 4 nitrogen and oxygen atoms in total. The van der Waals surface area contributed by atoms with Gasteiger partial charge in [0.15, 0.2) is 0 Å². The van der Waals surface area contributed by atoms with Crippen molar-refractivity contribution in [1.82, 2.24) is 0 Å². The second-order valence-corrected chi connectivity index (χ2v) is 6.67. The molecule has 0 saturated heterocycles. The van der Waals surface area contributed by atoms with Crippen molar-refractivity contribution in [3.8, 4) is 0 Å². The Labute approximate surface area is 155 Å². The largest absolute Gasteiger partial charge is 0.444 e. The van der Waals surface area contributed by atoms with Crippen LogP contribution in [0.3, 0.4) is 0 Å². The maximum Gasteiger partial charge on any atom is 0.416 e. The molecular formula is C20H21F3N2O2. The number of aryl methyl sites for hydroxylation is 1. The van der Waals surface area contributed by atoms with Crippen LogP contribution >= 0.6 is 0 Å². The van der Waals surface area contributed by atoms with E-state index in [0.29, 0.717) is 30.5 Å². The minimum Gasteiger partial charge on any atom is -0.444 e. The number of fused-ring (bicyclic) bond motifs is 1. The van der Waals surface area contributed by atoms with Gasteiger partial charge in [0, 0.05) is 0 Å². The molecule has 1 amide bonds. The standard InChI is InChI=1S/C20H21F3N2O2/c1-2-19(24)11-10-15-12-16(20(21,22)23)8-9-17(15)25(19)18(26)27-13-14-6-4-3-5-7-14/h3-9,12H,2,10-11,13,24H2,1H3. The lowest BCUT2D eigenvalue weighted by molar-refractivity contribution is -0.137. The van der Waals surface area contributed by atoms with Gasteiger partial charge in [-0.05, 0) is 48.6 Å². The second-order valence-electron chi connectivity index (χ2n) is 6.67. The fourth-order valence-corrected chi connectivity index (χ4v) is 3.28. The third-order valence-corrected chi connectivity index (χ3v) is 4.92. The van der Waals surface area contributed by atoms with E-state index in [0.717, 1.165) is 17.7 Å². The molecule has 0 radical (unpaired) electrons. The zero-order chi connectivity index (χ0) is 19.7. The SMILES string of the molecule is CCC1(N)CCc2cc(C(F)(F)F)ccc2N1C(=O)OCc1ccccc1. The summed E-state index contributed by atoms with van der Waals surface area (Å²) < 4.78 is 44.4. The molecule has 1 unspecified atom stereocenters. The molecule has 2 aromatic carbocycles. The average Bonchev–Trinajstić information content (AvgIpc) is 2.65. The van der Waals surface area contributed by atoms with Gasteiger partial charge in [0.05, 0.1) is 16.9 Å². The first kappa shape index (κ1) is 19.2. The van der Waals surface area contributed by atoms with Crippen LogP contribution in [0.25, 0.3) is 0 Å². The molecule has 1 atom stereocenters. The van der Waals surface area contributed by atoms with Gasteiger partial charge in [-0.1, -0.05) is 37.3 Å². The molecule has 0 fully saturated rings. The Bertz CT molecular complexity index is 824. The number of anilines is 1. The lowest BCUT2D eigenvalue weighted by Gasteiger charge is -2.44. The number of amides is 1. The van der Waals surface area contributed by atoms with E-state index in [1.807, 2.05) is 37.3 Å². The molecule has 27 heavy (non-hydrogen) atoms. The number of hydrogen-bond donors (Lipinski definition) is 1. The van der Waals surface area contributed by atoms with E-state index in [-0.39, 0.29) is 6.61 Å². The van der Waals surface area contributed by atoms with E-state index in [9.17, 15) is 18.0 Å². The van der Waals surface area contributed by atoms with Crippen LogP contribution in [0.2, 0.25) is 0 Å². The van der Waals surface area contributed by atoms with Gasteiger partial charge >= 0.3 is 12.3 Å². The fraction of sp³-hybridized carbons (Fsp3) is 0.350. The summed E-state index contributed by atoms with van der Waals surface area (Å²) in [5, 5.41) is 0. The van der Waals surface area contributed by atoms with Gasteiger partial charge in [-0.3, -0.25) is 4.90 Å². The lowest BCUT2D eigenvalue weighted by atomic mass is 9.89. The summed E-state index contributed by atoms with van der Waals surface area (Å²) in [5.41, 5.74) is 6.31. The predicted molar refractivity (Wildman–Crippen MR) is 96.1 cm³/mol. The van der Waals surface area contributed by atoms with Crippen LogP contribution in [0.5, 0.6) is 0 Å². The smallest absolute Gasteiger partial charge is 0.416 e. The molecule has 0 spiro atoms. The molecule has 1 heterocycles. The Kier molecular flexibility index (Phi) is 5.15. The highest BCUT2D eigenvalue weighted by atomic mass is 19.4. The number of alkyl halides is 3. The molecule has 0 bridgehead atoms. The van der Waals surface area contributed by atoms with Crippen LogP contribution in [0.15, 0.2) is 48.5 Å². The van der Waals surface area contributed by atoms with E-state index >= 15 is 0 Å². The van der Waals surface area contributed by atoms with Crippen LogP contribution in [0.1, 0.15) is 36.5 Å². The minimum absolute atomic E-state index is 0.0614. The Morgan fingerprint density at radius 2 is 1.93 bits per heavy atom. The van der Waals surface area contributed by atoms with Crippen molar-refractivity contribution in [3.05, 3.63) is 65.2 Å². The molecule has 7 heteroatoms. The van der Waals surface area contributed by atoms with Gasteiger partial charge in [0.1, 0.15) is 6.61 Å². The number of ether oxygens (including phenoxy) is 1. The quantitative estimate of drug-likeness (QED) is 0.830. The number of nitrogens with two attached hydrogens (primary N) is 1. The van der Waals surface area contributed by atoms with E-state index in [1.165, 1.54) is 11.0 Å². The first-order valence-electron chi connectivity index (χ1n) is 8.74. The van der Waals surface area contributed by atoms with Gasteiger partial charge in [0.25, 0.3) is 0 Å². The Hall–Kier alpha value is -2.54. The van der Waals surface area contributed by atoms with E-state index < -0.39 is 23.5 Å².